The molecule has 1 atom stereocenters. The van der Waals surface area contributed by atoms with Crippen molar-refractivity contribution in [2.24, 2.45) is 0 Å². The monoisotopic (exact) mass is 229 g/mol. The van der Waals surface area contributed by atoms with E-state index in [1.807, 2.05) is 13.8 Å². The topological polar surface area (TPSA) is 42.2 Å². The maximum atomic E-state index is 11.7. The van der Waals surface area contributed by atoms with Gasteiger partial charge in [-0.1, -0.05) is 0 Å². The number of aryl methyl sites for hydroxylation is 1. The molecule has 0 aliphatic heterocycles. The van der Waals surface area contributed by atoms with Crippen molar-refractivity contribution in [3.8, 4) is 0 Å². The van der Waals surface area contributed by atoms with Gasteiger partial charge in [0, 0.05) is 17.5 Å². The zero-order chi connectivity index (χ0) is 11.3. The molecule has 0 radical (unpaired) electrons. The van der Waals surface area contributed by atoms with Crippen LogP contribution in [0.1, 0.15) is 35.9 Å². The van der Waals surface area contributed by atoms with Crippen LogP contribution in [0.15, 0.2) is 16.7 Å². The molecule has 1 aromatic rings. The molecule has 3 nitrogen and oxygen atoms in total. The van der Waals surface area contributed by atoms with Gasteiger partial charge < -0.3 is 9.73 Å². The Hall–Kier alpha value is -0.960. The largest absolute Gasteiger partial charge is 0.459 e. The Morgan fingerprint density at radius 1 is 1.67 bits per heavy atom. The quantitative estimate of drug-likeness (QED) is 0.789. The summed E-state index contributed by atoms with van der Waals surface area (Å²) in [4.78, 5) is 11.7. The van der Waals surface area contributed by atoms with Gasteiger partial charge in [0.25, 0.3) is 5.91 Å². The van der Waals surface area contributed by atoms with Crippen LogP contribution in [0, 0.1) is 6.92 Å². The van der Waals surface area contributed by atoms with Crippen LogP contribution < -0.4 is 5.32 Å². The molecule has 1 rings (SSSR count). The fraction of sp³-hybridized carbons (Fsp3) is 0.545. The van der Waals surface area contributed by atoms with Crippen molar-refractivity contribution in [3.63, 3.8) is 0 Å². The third kappa shape index (κ3) is 3.59. The van der Waals surface area contributed by atoms with Crippen molar-refractivity contribution < 1.29 is 9.21 Å². The van der Waals surface area contributed by atoms with E-state index in [2.05, 4.69) is 5.32 Å². The zero-order valence-corrected chi connectivity index (χ0v) is 9.80. The van der Waals surface area contributed by atoms with Crippen molar-refractivity contribution in [3.05, 3.63) is 23.7 Å². The SMILES string of the molecule is Cc1ccoc1C(=O)NC(C)CCCCl. The molecule has 1 aromatic heterocycles. The van der Waals surface area contributed by atoms with E-state index in [1.165, 1.54) is 6.26 Å². The fourth-order valence-corrected chi connectivity index (χ4v) is 1.50. The van der Waals surface area contributed by atoms with E-state index in [0.29, 0.717) is 11.6 Å². The molecule has 4 heteroatoms. The van der Waals surface area contributed by atoms with E-state index in [4.69, 9.17) is 16.0 Å². The Labute approximate surface area is 94.8 Å². The van der Waals surface area contributed by atoms with Crippen LogP contribution in [0.5, 0.6) is 0 Å². The molecule has 84 valence electrons. The van der Waals surface area contributed by atoms with Crippen LogP contribution in [-0.2, 0) is 0 Å². The lowest BCUT2D eigenvalue weighted by molar-refractivity contribution is 0.0909. The van der Waals surface area contributed by atoms with Crippen molar-refractivity contribution in [2.45, 2.75) is 32.7 Å². The van der Waals surface area contributed by atoms with Gasteiger partial charge in [-0.3, -0.25) is 4.79 Å². The number of furan rings is 1. The molecular weight excluding hydrogens is 214 g/mol. The van der Waals surface area contributed by atoms with Gasteiger partial charge in [0.1, 0.15) is 0 Å². The van der Waals surface area contributed by atoms with Gasteiger partial charge in [-0.05, 0) is 32.8 Å². The third-order valence-electron chi connectivity index (χ3n) is 2.22. The summed E-state index contributed by atoms with van der Waals surface area (Å²) in [6, 6.07) is 1.90. The second-order valence-electron chi connectivity index (χ2n) is 3.64. The van der Waals surface area contributed by atoms with E-state index in [-0.39, 0.29) is 11.9 Å². The molecule has 0 saturated heterocycles. The van der Waals surface area contributed by atoms with E-state index >= 15 is 0 Å². The standard InChI is InChI=1S/C11H16ClNO2/c1-8-5-7-15-10(8)11(14)13-9(2)4-3-6-12/h5,7,9H,3-4,6H2,1-2H3,(H,13,14). The first-order valence-electron chi connectivity index (χ1n) is 5.06. The summed E-state index contributed by atoms with van der Waals surface area (Å²) >= 11 is 5.58. The van der Waals surface area contributed by atoms with Gasteiger partial charge in [-0.15, -0.1) is 11.6 Å². The number of carbonyl (C=O) groups is 1. The smallest absolute Gasteiger partial charge is 0.287 e. The van der Waals surface area contributed by atoms with Gasteiger partial charge in [0.05, 0.1) is 6.26 Å². The van der Waals surface area contributed by atoms with Crippen molar-refractivity contribution >= 4 is 17.5 Å². The summed E-state index contributed by atoms with van der Waals surface area (Å²) in [5, 5.41) is 2.87. The predicted octanol–water partition coefficient (Wildman–Crippen LogP) is 2.73. The normalized spacial score (nSPS) is 12.5. The van der Waals surface area contributed by atoms with E-state index in [1.54, 1.807) is 6.07 Å². The molecule has 1 N–H and O–H groups in total. The lowest BCUT2D eigenvalue weighted by Gasteiger charge is -2.11. The highest BCUT2D eigenvalue weighted by atomic mass is 35.5. The summed E-state index contributed by atoms with van der Waals surface area (Å²) in [5.74, 6) is 0.868. The minimum Gasteiger partial charge on any atom is -0.459 e. The molecule has 15 heavy (non-hydrogen) atoms. The number of rotatable bonds is 5. The number of nitrogens with one attached hydrogen (secondary N) is 1. The lowest BCUT2D eigenvalue weighted by atomic mass is 10.2. The van der Waals surface area contributed by atoms with Crippen LogP contribution in [0.2, 0.25) is 0 Å². The summed E-state index contributed by atoms with van der Waals surface area (Å²) in [6.07, 6.45) is 3.31. The highest BCUT2D eigenvalue weighted by Gasteiger charge is 2.14. The van der Waals surface area contributed by atoms with Crippen LogP contribution >= 0.6 is 11.6 Å². The second-order valence-corrected chi connectivity index (χ2v) is 4.02. The van der Waals surface area contributed by atoms with Crippen LogP contribution in [0.25, 0.3) is 0 Å². The van der Waals surface area contributed by atoms with Crippen molar-refractivity contribution in [1.29, 1.82) is 0 Å². The van der Waals surface area contributed by atoms with Gasteiger partial charge in [-0.2, -0.15) is 0 Å². The number of hydrogen-bond acceptors (Lipinski definition) is 2. The fourth-order valence-electron chi connectivity index (χ4n) is 1.35. The van der Waals surface area contributed by atoms with Gasteiger partial charge in [0.15, 0.2) is 5.76 Å². The Bertz CT molecular complexity index is 322. The van der Waals surface area contributed by atoms with E-state index in [9.17, 15) is 4.79 Å². The first kappa shape index (κ1) is 12.1. The van der Waals surface area contributed by atoms with Gasteiger partial charge >= 0.3 is 0 Å². The molecule has 1 amide bonds. The molecule has 0 fully saturated rings. The van der Waals surface area contributed by atoms with Gasteiger partial charge in [-0.25, -0.2) is 0 Å². The van der Waals surface area contributed by atoms with Crippen molar-refractivity contribution in [1.82, 2.24) is 5.32 Å². The highest BCUT2D eigenvalue weighted by molar-refractivity contribution is 6.17. The highest BCUT2D eigenvalue weighted by Crippen LogP contribution is 2.09. The van der Waals surface area contributed by atoms with E-state index in [0.717, 1.165) is 18.4 Å². The molecule has 0 bridgehead atoms. The lowest BCUT2D eigenvalue weighted by Crippen LogP contribution is -2.32. The van der Waals surface area contributed by atoms with E-state index < -0.39 is 0 Å². The van der Waals surface area contributed by atoms with Gasteiger partial charge in [0.2, 0.25) is 0 Å². The Kier molecular flexibility index (Phi) is 4.69. The summed E-state index contributed by atoms with van der Waals surface area (Å²) in [5.41, 5.74) is 0.858. The van der Waals surface area contributed by atoms with Crippen LogP contribution in [-0.4, -0.2) is 17.8 Å². The molecule has 0 spiro atoms. The number of alkyl halides is 1. The summed E-state index contributed by atoms with van der Waals surface area (Å²) in [7, 11) is 0. The van der Waals surface area contributed by atoms with Crippen LogP contribution in [0.3, 0.4) is 0 Å². The van der Waals surface area contributed by atoms with Crippen molar-refractivity contribution in [2.75, 3.05) is 5.88 Å². The Morgan fingerprint density at radius 3 is 2.93 bits per heavy atom. The summed E-state index contributed by atoms with van der Waals surface area (Å²) < 4.78 is 5.09. The summed E-state index contributed by atoms with van der Waals surface area (Å²) in [6.45, 7) is 3.81. The third-order valence-corrected chi connectivity index (χ3v) is 2.48. The zero-order valence-electron chi connectivity index (χ0n) is 9.05. The molecule has 0 aliphatic carbocycles. The number of halogens is 1. The minimum atomic E-state index is -0.153. The first-order chi connectivity index (χ1) is 7.15. The Balaban J connectivity index is 2.46. The molecule has 0 saturated carbocycles. The Morgan fingerprint density at radius 2 is 2.40 bits per heavy atom. The minimum absolute atomic E-state index is 0.126. The number of carbonyl (C=O) groups excluding carboxylic acids is 1. The molecule has 0 aliphatic rings. The number of amides is 1. The first-order valence-corrected chi connectivity index (χ1v) is 5.59. The average molecular weight is 230 g/mol. The average Bonchev–Trinajstić information content (AvgIpc) is 2.61. The second kappa shape index (κ2) is 5.81. The maximum absolute atomic E-state index is 11.7. The molecular formula is C11H16ClNO2. The predicted molar refractivity (Wildman–Crippen MR) is 60.3 cm³/mol. The maximum Gasteiger partial charge on any atom is 0.287 e. The molecule has 1 unspecified atom stereocenters. The van der Waals surface area contributed by atoms with Crippen LogP contribution in [0.4, 0.5) is 0 Å². The molecule has 1 heterocycles. The molecule has 0 aromatic carbocycles. The number of hydrogen-bond donors (Lipinski definition) is 1.